The smallest absolute Gasteiger partial charge is 0.0839 e. The molecule has 1 heteroatoms. The molecule has 4 rings (SSSR count). The van der Waals surface area contributed by atoms with Crippen LogP contribution in [0.3, 0.4) is 0 Å². The van der Waals surface area contributed by atoms with Crippen molar-refractivity contribution in [1.82, 2.24) is 0 Å². The van der Waals surface area contributed by atoms with Crippen molar-refractivity contribution in [1.29, 1.82) is 0 Å². The van der Waals surface area contributed by atoms with Crippen LogP contribution >= 0.6 is 0 Å². The fourth-order valence-electron chi connectivity index (χ4n) is 5.09. The van der Waals surface area contributed by atoms with Crippen molar-refractivity contribution in [3.05, 3.63) is 84.5 Å². The molecule has 1 fully saturated rings. The number of rotatable bonds is 3. The van der Waals surface area contributed by atoms with Crippen molar-refractivity contribution in [2.75, 3.05) is 0 Å². The van der Waals surface area contributed by atoms with Gasteiger partial charge in [0.15, 0.2) is 0 Å². The second kappa shape index (κ2) is 6.21. The van der Waals surface area contributed by atoms with E-state index in [2.05, 4.69) is 92.7 Å². The summed E-state index contributed by atoms with van der Waals surface area (Å²) >= 11 is 0. The van der Waals surface area contributed by atoms with Crippen molar-refractivity contribution in [2.45, 2.75) is 31.7 Å². The van der Waals surface area contributed by atoms with Gasteiger partial charge in [-0.25, -0.2) is 0 Å². The molecule has 0 heterocycles. The fourth-order valence-corrected chi connectivity index (χ4v) is 9.43. The molecule has 122 valence electrons. The van der Waals surface area contributed by atoms with Crippen molar-refractivity contribution >= 4 is 19.2 Å². The monoisotopic (exact) mass is 330 g/mol. The Morgan fingerprint density at radius 3 is 2.04 bits per heavy atom. The van der Waals surface area contributed by atoms with Crippen molar-refractivity contribution in [2.24, 2.45) is 11.8 Å². The van der Waals surface area contributed by atoms with Gasteiger partial charge in [-0.3, -0.25) is 0 Å². The van der Waals surface area contributed by atoms with E-state index in [9.17, 15) is 0 Å². The predicted molar refractivity (Wildman–Crippen MR) is 107 cm³/mol. The third kappa shape index (κ3) is 2.52. The van der Waals surface area contributed by atoms with E-state index in [1.807, 2.05) is 0 Å². The summed E-state index contributed by atoms with van der Waals surface area (Å²) in [5, 5.41) is 3.57. The van der Waals surface area contributed by atoms with Gasteiger partial charge in [-0.1, -0.05) is 109 Å². The van der Waals surface area contributed by atoms with E-state index < -0.39 is 8.80 Å². The molecule has 0 radical (unpaired) electrons. The summed E-state index contributed by atoms with van der Waals surface area (Å²) in [6, 6.07) is 22.6. The summed E-state index contributed by atoms with van der Waals surface area (Å²) in [5.41, 5.74) is 1.70. The topological polar surface area (TPSA) is 0 Å². The molecular formula is C23H26Si. The highest BCUT2D eigenvalue weighted by Crippen LogP contribution is 2.58. The Balaban J connectivity index is 1.82. The Kier molecular flexibility index (Phi) is 4.05. The number of fused-ring (bicyclic) bond motifs is 1. The van der Waals surface area contributed by atoms with E-state index >= 15 is 0 Å². The van der Waals surface area contributed by atoms with Gasteiger partial charge in [-0.2, -0.15) is 0 Å². The van der Waals surface area contributed by atoms with Crippen LogP contribution < -0.4 is 10.4 Å². The van der Waals surface area contributed by atoms with Gasteiger partial charge in [0, 0.05) is 0 Å². The second-order valence-electron chi connectivity index (χ2n) is 7.71. The molecule has 0 nitrogen and oxygen atoms in total. The first-order chi connectivity index (χ1) is 11.7. The van der Waals surface area contributed by atoms with E-state index in [1.165, 1.54) is 12.8 Å². The molecule has 0 saturated heterocycles. The molecule has 2 aromatic carbocycles. The maximum atomic E-state index is 2.58. The first-order valence-corrected chi connectivity index (χ1v) is 10.9. The van der Waals surface area contributed by atoms with Crippen LogP contribution in [0, 0.1) is 11.8 Å². The van der Waals surface area contributed by atoms with Gasteiger partial charge in [-0.15, -0.1) is 0 Å². The molecule has 0 amide bonds. The van der Waals surface area contributed by atoms with E-state index in [4.69, 9.17) is 0 Å². The van der Waals surface area contributed by atoms with Gasteiger partial charge < -0.3 is 0 Å². The van der Waals surface area contributed by atoms with Gasteiger partial charge in [0.1, 0.15) is 8.80 Å². The molecule has 0 aromatic heterocycles. The van der Waals surface area contributed by atoms with Crippen LogP contribution in [-0.4, -0.2) is 8.80 Å². The average molecular weight is 331 g/mol. The number of hydrogen-bond acceptors (Lipinski definition) is 0. The summed E-state index contributed by atoms with van der Waals surface area (Å²) < 4.78 is 0. The molecule has 3 unspecified atom stereocenters. The molecule has 0 N–H and O–H groups in total. The lowest BCUT2D eigenvalue weighted by atomic mass is 9.91. The lowest BCUT2D eigenvalue weighted by Gasteiger charge is -2.38. The summed E-state index contributed by atoms with van der Waals surface area (Å²) in [7, 11) is -1.32. The standard InChI is InChI=1S/C23H26Si/c1-18-22-16-10-9-11-19(22)17-23(18,2)24(20-12-5-3-6-13-20)21-14-7-4-8-15-21/h3-10,12-16,18-19,24H,11,17H2,1-2H3. The average Bonchev–Trinajstić information content (AvgIpc) is 2.89. The number of hydrogen-bond donors (Lipinski definition) is 0. The minimum absolute atomic E-state index is 0.394. The van der Waals surface area contributed by atoms with Gasteiger partial charge in [-0.05, 0) is 29.7 Å². The first kappa shape index (κ1) is 15.7. The molecule has 2 aliphatic rings. The van der Waals surface area contributed by atoms with Gasteiger partial charge >= 0.3 is 0 Å². The summed E-state index contributed by atoms with van der Waals surface area (Å²) in [6.45, 7) is 5.06. The van der Waals surface area contributed by atoms with Crippen LogP contribution in [0.1, 0.15) is 26.7 Å². The van der Waals surface area contributed by atoms with Crippen LogP contribution in [0.5, 0.6) is 0 Å². The van der Waals surface area contributed by atoms with E-state index in [1.54, 1.807) is 15.9 Å². The van der Waals surface area contributed by atoms with Crippen LogP contribution in [0.25, 0.3) is 0 Å². The third-order valence-electron chi connectivity index (χ3n) is 6.42. The Morgan fingerprint density at radius 2 is 1.50 bits per heavy atom. The maximum absolute atomic E-state index is 2.58. The minimum Gasteiger partial charge on any atom is -0.0839 e. The highest BCUT2D eigenvalue weighted by Gasteiger charge is 2.50. The van der Waals surface area contributed by atoms with Crippen molar-refractivity contribution in [3.63, 3.8) is 0 Å². The molecule has 24 heavy (non-hydrogen) atoms. The van der Waals surface area contributed by atoms with Crippen LogP contribution in [-0.2, 0) is 0 Å². The van der Waals surface area contributed by atoms with Crippen molar-refractivity contribution in [3.8, 4) is 0 Å². The van der Waals surface area contributed by atoms with Gasteiger partial charge in [0.2, 0.25) is 0 Å². The molecule has 0 spiro atoms. The molecule has 1 saturated carbocycles. The molecule has 2 aliphatic carbocycles. The van der Waals surface area contributed by atoms with Crippen molar-refractivity contribution < 1.29 is 0 Å². The van der Waals surface area contributed by atoms with E-state index in [0.717, 1.165) is 5.92 Å². The normalized spacial score (nSPS) is 28.7. The Labute approximate surface area is 147 Å². The maximum Gasteiger partial charge on any atom is 0.109 e. The zero-order valence-corrected chi connectivity index (χ0v) is 15.8. The number of benzene rings is 2. The van der Waals surface area contributed by atoms with Crippen LogP contribution in [0.4, 0.5) is 0 Å². The largest absolute Gasteiger partial charge is 0.109 e. The van der Waals surface area contributed by atoms with Gasteiger partial charge in [0.05, 0.1) is 0 Å². The third-order valence-corrected chi connectivity index (χ3v) is 10.6. The fraction of sp³-hybridized carbons (Fsp3) is 0.304. The zero-order chi connectivity index (χ0) is 16.6. The first-order valence-electron chi connectivity index (χ1n) is 9.16. The molecule has 2 aromatic rings. The second-order valence-corrected chi connectivity index (χ2v) is 11.2. The Morgan fingerprint density at radius 1 is 0.917 bits per heavy atom. The Hall–Kier alpha value is -1.86. The highest BCUT2D eigenvalue weighted by atomic mass is 28.3. The summed E-state index contributed by atoms with van der Waals surface area (Å²) in [6.07, 6.45) is 9.61. The highest BCUT2D eigenvalue weighted by molar-refractivity contribution is 6.87. The van der Waals surface area contributed by atoms with Crippen LogP contribution in [0.2, 0.25) is 5.04 Å². The molecule has 3 atom stereocenters. The summed E-state index contributed by atoms with van der Waals surface area (Å²) in [4.78, 5) is 0. The predicted octanol–water partition coefficient (Wildman–Crippen LogP) is 4.33. The quantitative estimate of drug-likeness (QED) is 0.735. The zero-order valence-electron chi connectivity index (χ0n) is 14.7. The Bertz CT molecular complexity index is 720. The van der Waals surface area contributed by atoms with Gasteiger partial charge in [0.25, 0.3) is 0 Å². The minimum atomic E-state index is -1.32. The lowest BCUT2D eigenvalue weighted by Crippen LogP contribution is -2.52. The number of allylic oxidation sites excluding steroid dienone is 4. The lowest BCUT2D eigenvalue weighted by molar-refractivity contribution is 0.491. The summed E-state index contributed by atoms with van der Waals surface area (Å²) in [5.74, 6) is 1.43. The molecule has 0 bridgehead atoms. The van der Waals surface area contributed by atoms with Crippen LogP contribution in [0.15, 0.2) is 84.5 Å². The SMILES string of the molecule is CC1C2=CC=CCC2CC1(C)[SiH](c1ccccc1)c1ccccc1. The van der Waals surface area contributed by atoms with E-state index in [-0.39, 0.29) is 0 Å². The van der Waals surface area contributed by atoms with E-state index in [0.29, 0.717) is 11.0 Å². The molecular weight excluding hydrogens is 304 g/mol. The molecule has 0 aliphatic heterocycles.